The number of halogens is 1. The maximum absolute atomic E-state index is 3.65. The summed E-state index contributed by atoms with van der Waals surface area (Å²) in [6.45, 7) is 0. The Hall–Kier alpha value is -4.38. The van der Waals surface area contributed by atoms with E-state index in [1.807, 2.05) is 11.3 Å². The molecule has 0 fully saturated rings. The monoisotopic (exact) mass is 594 g/mol. The molecule has 8 rings (SSSR count). The van der Waals surface area contributed by atoms with Gasteiger partial charge in [0, 0.05) is 58.2 Å². The SMILES string of the molecule is Brc1ccc2sc3cc(N(c4ccccc4)c4ccc5c6ccccc6n(-c6ccccc6)c5c4)ccc3c2c1. The van der Waals surface area contributed by atoms with E-state index in [-0.39, 0.29) is 0 Å². The second kappa shape index (κ2) is 9.37. The number of hydrogen-bond acceptors (Lipinski definition) is 2. The third-order valence-corrected chi connectivity index (χ3v) is 9.25. The highest BCUT2D eigenvalue weighted by atomic mass is 79.9. The van der Waals surface area contributed by atoms with Gasteiger partial charge in [0.25, 0.3) is 0 Å². The van der Waals surface area contributed by atoms with Crippen molar-refractivity contribution < 1.29 is 0 Å². The summed E-state index contributed by atoms with van der Waals surface area (Å²) in [7, 11) is 0. The van der Waals surface area contributed by atoms with Crippen LogP contribution in [0, 0.1) is 0 Å². The predicted molar refractivity (Wildman–Crippen MR) is 176 cm³/mol. The Bertz CT molecular complexity index is 2180. The molecule has 2 heterocycles. The van der Waals surface area contributed by atoms with Crippen LogP contribution in [0.1, 0.15) is 0 Å². The number of rotatable bonds is 4. The molecule has 0 aliphatic rings. The van der Waals surface area contributed by atoms with Gasteiger partial charge in [0.15, 0.2) is 0 Å². The van der Waals surface area contributed by atoms with Crippen molar-refractivity contribution in [2.75, 3.05) is 4.90 Å². The van der Waals surface area contributed by atoms with Crippen molar-refractivity contribution in [3.63, 3.8) is 0 Å². The van der Waals surface area contributed by atoms with Gasteiger partial charge >= 0.3 is 0 Å². The minimum Gasteiger partial charge on any atom is -0.310 e. The van der Waals surface area contributed by atoms with Crippen LogP contribution in [0.3, 0.4) is 0 Å². The molecule has 2 nitrogen and oxygen atoms in total. The lowest BCUT2D eigenvalue weighted by Gasteiger charge is -2.26. The van der Waals surface area contributed by atoms with Crippen LogP contribution in [0.5, 0.6) is 0 Å². The third kappa shape index (κ3) is 3.75. The number of benzene rings is 6. The van der Waals surface area contributed by atoms with E-state index >= 15 is 0 Å². The van der Waals surface area contributed by atoms with E-state index in [2.05, 4.69) is 165 Å². The average molecular weight is 596 g/mol. The van der Waals surface area contributed by atoms with Gasteiger partial charge in [-0.15, -0.1) is 11.3 Å². The van der Waals surface area contributed by atoms with Crippen LogP contribution >= 0.6 is 27.3 Å². The zero-order valence-electron chi connectivity index (χ0n) is 21.5. The van der Waals surface area contributed by atoms with Crippen LogP contribution in [-0.4, -0.2) is 4.57 Å². The van der Waals surface area contributed by atoms with E-state index in [1.54, 1.807) is 0 Å². The van der Waals surface area contributed by atoms with Gasteiger partial charge in [-0.2, -0.15) is 0 Å². The smallest absolute Gasteiger partial charge is 0.0561 e. The molecule has 0 aliphatic heterocycles. The molecule has 0 spiro atoms. The number of thiophene rings is 1. The van der Waals surface area contributed by atoms with Crippen LogP contribution in [0.2, 0.25) is 0 Å². The van der Waals surface area contributed by atoms with E-state index in [0.717, 1.165) is 27.2 Å². The molecule has 190 valence electrons. The lowest BCUT2D eigenvalue weighted by molar-refractivity contribution is 1.18. The first-order valence-corrected chi connectivity index (χ1v) is 14.9. The summed E-state index contributed by atoms with van der Waals surface area (Å²) in [4.78, 5) is 2.37. The van der Waals surface area contributed by atoms with Crippen molar-refractivity contribution in [3.8, 4) is 5.69 Å². The summed E-state index contributed by atoms with van der Waals surface area (Å²) in [5, 5.41) is 5.09. The first-order chi connectivity index (χ1) is 19.7. The number of nitrogens with zero attached hydrogens (tertiary/aromatic N) is 2. The summed E-state index contributed by atoms with van der Waals surface area (Å²) >= 11 is 5.50. The van der Waals surface area contributed by atoms with Gasteiger partial charge in [0.1, 0.15) is 0 Å². The van der Waals surface area contributed by atoms with E-state index in [4.69, 9.17) is 0 Å². The fourth-order valence-corrected chi connectivity index (χ4v) is 7.34. The molecule has 6 aromatic carbocycles. The van der Waals surface area contributed by atoms with Gasteiger partial charge in [0.2, 0.25) is 0 Å². The normalized spacial score (nSPS) is 11.6. The Balaban J connectivity index is 1.38. The van der Waals surface area contributed by atoms with Crippen LogP contribution in [0.25, 0.3) is 47.7 Å². The molecule has 40 heavy (non-hydrogen) atoms. The molecule has 4 heteroatoms. The summed E-state index contributed by atoms with van der Waals surface area (Å²) in [6, 6.07) is 50.2. The lowest BCUT2D eigenvalue weighted by atomic mass is 10.1. The third-order valence-electron chi connectivity index (χ3n) is 7.62. The molecule has 2 aromatic heterocycles. The molecule has 0 saturated heterocycles. The van der Waals surface area contributed by atoms with Crippen LogP contribution in [-0.2, 0) is 0 Å². The summed E-state index contributed by atoms with van der Waals surface area (Å²) in [5.41, 5.74) is 6.97. The molecule has 0 saturated carbocycles. The minimum atomic E-state index is 1.11. The molecular formula is C36H23BrN2S. The average Bonchev–Trinajstić information content (AvgIpc) is 3.53. The van der Waals surface area contributed by atoms with Gasteiger partial charge in [0.05, 0.1) is 11.0 Å². The summed E-state index contributed by atoms with van der Waals surface area (Å²) in [6.07, 6.45) is 0. The van der Waals surface area contributed by atoms with E-state index in [9.17, 15) is 0 Å². The summed E-state index contributed by atoms with van der Waals surface area (Å²) < 4.78 is 6.07. The topological polar surface area (TPSA) is 8.17 Å². The van der Waals surface area contributed by atoms with Crippen molar-refractivity contribution in [3.05, 3.63) is 144 Å². The highest BCUT2D eigenvalue weighted by Gasteiger charge is 2.18. The first kappa shape index (κ1) is 23.5. The molecule has 0 aliphatic carbocycles. The molecule has 0 amide bonds. The molecule has 8 aromatic rings. The Kier molecular flexibility index (Phi) is 5.51. The van der Waals surface area contributed by atoms with Gasteiger partial charge in [-0.3, -0.25) is 0 Å². The molecule has 0 radical (unpaired) electrons. The number of aromatic nitrogens is 1. The second-order valence-electron chi connectivity index (χ2n) is 9.98. The van der Waals surface area contributed by atoms with Crippen LogP contribution in [0.15, 0.2) is 144 Å². The quantitative estimate of drug-likeness (QED) is 0.197. The Labute approximate surface area is 244 Å². The highest BCUT2D eigenvalue weighted by Crippen LogP contribution is 2.42. The standard InChI is InChI=1S/C36H23BrN2S/c37-24-15-20-35-32(21-24)31-19-17-28(23-36(31)40-35)38(25-9-3-1-4-10-25)27-16-18-30-29-13-7-8-14-33(29)39(34(30)22-27)26-11-5-2-6-12-26/h1-23H. The lowest BCUT2D eigenvalue weighted by Crippen LogP contribution is -2.09. The van der Waals surface area contributed by atoms with Crippen molar-refractivity contribution in [2.45, 2.75) is 0 Å². The van der Waals surface area contributed by atoms with E-state index in [1.165, 1.54) is 42.0 Å². The number of fused-ring (bicyclic) bond motifs is 6. The fourth-order valence-electron chi connectivity index (χ4n) is 5.85. The number of anilines is 3. The molecule has 0 unspecified atom stereocenters. The first-order valence-electron chi connectivity index (χ1n) is 13.3. The number of hydrogen-bond donors (Lipinski definition) is 0. The van der Waals surface area contributed by atoms with Crippen LogP contribution in [0.4, 0.5) is 17.1 Å². The Morgan fingerprint density at radius 2 is 1.15 bits per heavy atom. The summed E-state index contributed by atoms with van der Waals surface area (Å²) in [5.74, 6) is 0. The van der Waals surface area contributed by atoms with Crippen molar-refractivity contribution in [1.82, 2.24) is 4.57 Å². The fraction of sp³-hybridized carbons (Fsp3) is 0. The van der Waals surface area contributed by atoms with Crippen molar-refractivity contribution in [1.29, 1.82) is 0 Å². The minimum absolute atomic E-state index is 1.11. The van der Waals surface area contributed by atoms with E-state index in [0.29, 0.717) is 0 Å². The molecular weight excluding hydrogens is 572 g/mol. The van der Waals surface area contributed by atoms with Gasteiger partial charge in [-0.1, -0.05) is 82.7 Å². The highest BCUT2D eigenvalue weighted by molar-refractivity contribution is 9.10. The molecule has 0 N–H and O–H groups in total. The van der Waals surface area contributed by atoms with Gasteiger partial charge < -0.3 is 9.47 Å². The predicted octanol–water partition coefficient (Wildman–Crippen LogP) is 11.4. The maximum Gasteiger partial charge on any atom is 0.0561 e. The molecule has 0 atom stereocenters. The zero-order chi connectivity index (χ0) is 26.6. The van der Waals surface area contributed by atoms with Crippen molar-refractivity contribution in [2.24, 2.45) is 0 Å². The van der Waals surface area contributed by atoms with Crippen LogP contribution < -0.4 is 4.90 Å². The Morgan fingerprint density at radius 1 is 0.475 bits per heavy atom. The van der Waals surface area contributed by atoms with E-state index < -0.39 is 0 Å². The largest absolute Gasteiger partial charge is 0.310 e. The Morgan fingerprint density at radius 3 is 1.98 bits per heavy atom. The zero-order valence-corrected chi connectivity index (χ0v) is 23.9. The molecule has 0 bridgehead atoms. The number of para-hydroxylation sites is 3. The second-order valence-corrected chi connectivity index (χ2v) is 12.0. The van der Waals surface area contributed by atoms with Gasteiger partial charge in [-0.25, -0.2) is 0 Å². The van der Waals surface area contributed by atoms with Crippen molar-refractivity contribution >= 4 is 86.3 Å². The maximum atomic E-state index is 3.65. The van der Waals surface area contributed by atoms with Gasteiger partial charge in [-0.05, 0) is 72.8 Å².